The smallest absolute Gasteiger partial charge is 0.305 e. The van der Waals surface area contributed by atoms with Crippen molar-refractivity contribution in [2.45, 2.75) is 19.8 Å². The Labute approximate surface area is 66.0 Å². The van der Waals surface area contributed by atoms with Gasteiger partial charge in [-0.1, -0.05) is 6.58 Å². The van der Waals surface area contributed by atoms with Crippen LogP contribution in [0.5, 0.6) is 0 Å². The number of carbonyl (C=O) groups is 2. The first kappa shape index (κ1) is 9.88. The Bertz CT molecular complexity index is 182. The molecule has 0 saturated carbocycles. The second-order valence-corrected chi connectivity index (χ2v) is 2.24. The molecule has 0 aliphatic carbocycles. The lowest BCUT2D eigenvalue weighted by atomic mass is 10.1. The van der Waals surface area contributed by atoms with E-state index in [1.807, 2.05) is 0 Å². The molecule has 3 heteroatoms. The molecule has 0 aromatic carbocycles. The highest BCUT2D eigenvalue weighted by atomic mass is 16.5. The van der Waals surface area contributed by atoms with Crippen LogP contribution in [0.15, 0.2) is 12.2 Å². The van der Waals surface area contributed by atoms with Gasteiger partial charge in [0, 0.05) is 6.42 Å². The fourth-order valence-electron chi connectivity index (χ4n) is 0.531. The lowest BCUT2D eigenvalue weighted by Gasteiger charge is -1.98. The lowest BCUT2D eigenvalue weighted by molar-refractivity contribution is -0.140. The van der Waals surface area contributed by atoms with E-state index in [4.69, 9.17) is 0 Å². The van der Waals surface area contributed by atoms with Crippen LogP contribution in [-0.4, -0.2) is 18.9 Å². The molecule has 0 bridgehead atoms. The standard InChI is InChI=1S/C8H12O3/c1-6(7(2)9)4-5-8(10)11-3/h1,4-5H2,2-3H3. The van der Waals surface area contributed by atoms with Gasteiger partial charge >= 0.3 is 5.97 Å². The molecule has 0 atom stereocenters. The number of ether oxygens (including phenoxy) is 1. The van der Waals surface area contributed by atoms with Crippen LogP contribution in [0.25, 0.3) is 0 Å². The molecule has 0 amide bonds. The van der Waals surface area contributed by atoms with E-state index in [-0.39, 0.29) is 18.2 Å². The zero-order valence-electron chi connectivity index (χ0n) is 6.85. The molecule has 0 aliphatic rings. The predicted molar refractivity (Wildman–Crippen MR) is 41.1 cm³/mol. The molecule has 0 heterocycles. The van der Waals surface area contributed by atoms with Crippen LogP contribution in [0, 0.1) is 0 Å². The molecular formula is C8H12O3. The van der Waals surface area contributed by atoms with Crippen molar-refractivity contribution in [2.24, 2.45) is 0 Å². The Hall–Kier alpha value is -1.12. The Morgan fingerprint density at radius 1 is 1.36 bits per heavy atom. The van der Waals surface area contributed by atoms with Crippen LogP contribution < -0.4 is 0 Å². The maximum absolute atomic E-state index is 10.6. The average Bonchev–Trinajstić information content (AvgIpc) is 1.99. The third-order valence-corrected chi connectivity index (χ3v) is 1.36. The molecule has 0 rings (SSSR count). The summed E-state index contributed by atoms with van der Waals surface area (Å²) in [5.74, 6) is -0.388. The van der Waals surface area contributed by atoms with E-state index in [2.05, 4.69) is 11.3 Å². The number of allylic oxidation sites excluding steroid dienone is 1. The summed E-state index contributed by atoms with van der Waals surface area (Å²) >= 11 is 0. The maximum Gasteiger partial charge on any atom is 0.305 e. The summed E-state index contributed by atoms with van der Waals surface area (Å²) in [6, 6.07) is 0. The van der Waals surface area contributed by atoms with Crippen molar-refractivity contribution in [1.82, 2.24) is 0 Å². The molecule has 0 aromatic rings. The molecule has 0 N–H and O–H groups in total. The number of methoxy groups -OCH3 is 1. The van der Waals surface area contributed by atoms with Gasteiger partial charge < -0.3 is 4.74 Å². The van der Waals surface area contributed by atoms with E-state index in [1.165, 1.54) is 14.0 Å². The molecule has 0 aromatic heterocycles. The van der Waals surface area contributed by atoms with Gasteiger partial charge in [0.15, 0.2) is 5.78 Å². The van der Waals surface area contributed by atoms with E-state index in [0.29, 0.717) is 12.0 Å². The van der Waals surface area contributed by atoms with Gasteiger partial charge in [-0.2, -0.15) is 0 Å². The minimum Gasteiger partial charge on any atom is -0.469 e. The van der Waals surface area contributed by atoms with Gasteiger partial charge in [0.25, 0.3) is 0 Å². The molecular weight excluding hydrogens is 144 g/mol. The Morgan fingerprint density at radius 2 is 1.91 bits per heavy atom. The highest BCUT2D eigenvalue weighted by molar-refractivity contribution is 5.93. The number of hydrogen-bond donors (Lipinski definition) is 0. The van der Waals surface area contributed by atoms with E-state index >= 15 is 0 Å². The van der Waals surface area contributed by atoms with Gasteiger partial charge in [0.1, 0.15) is 0 Å². The summed E-state index contributed by atoms with van der Waals surface area (Å²) < 4.78 is 4.39. The number of rotatable bonds is 4. The van der Waals surface area contributed by atoms with Crippen molar-refractivity contribution in [3.63, 3.8) is 0 Å². The van der Waals surface area contributed by atoms with Crippen LogP contribution in [0.1, 0.15) is 19.8 Å². The van der Waals surface area contributed by atoms with Crippen LogP contribution >= 0.6 is 0 Å². The van der Waals surface area contributed by atoms with Gasteiger partial charge in [-0.25, -0.2) is 0 Å². The van der Waals surface area contributed by atoms with Crippen LogP contribution in [0.2, 0.25) is 0 Å². The molecule has 0 aliphatic heterocycles. The zero-order chi connectivity index (χ0) is 8.85. The Balaban J connectivity index is 3.63. The number of Topliss-reactive ketones (excluding diaryl/α,β-unsaturated/α-hetero) is 1. The van der Waals surface area contributed by atoms with Gasteiger partial charge in [-0.05, 0) is 18.9 Å². The summed E-state index contributed by atoms with van der Waals surface area (Å²) in [5.41, 5.74) is 0.468. The first-order valence-electron chi connectivity index (χ1n) is 3.33. The van der Waals surface area contributed by atoms with Crippen molar-refractivity contribution in [2.75, 3.05) is 7.11 Å². The normalized spacial score (nSPS) is 8.91. The van der Waals surface area contributed by atoms with E-state index < -0.39 is 0 Å². The highest BCUT2D eigenvalue weighted by Crippen LogP contribution is 2.03. The second kappa shape index (κ2) is 4.66. The van der Waals surface area contributed by atoms with Crippen molar-refractivity contribution in [3.8, 4) is 0 Å². The van der Waals surface area contributed by atoms with Crippen LogP contribution in [0.3, 0.4) is 0 Å². The molecule has 0 saturated heterocycles. The highest BCUT2D eigenvalue weighted by Gasteiger charge is 2.04. The van der Waals surface area contributed by atoms with Gasteiger partial charge in [-0.3, -0.25) is 9.59 Å². The van der Waals surface area contributed by atoms with E-state index in [1.54, 1.807) is 0 Å². The molecule has 0 fully saturated rings. The number of ketones is 1. The fraction of sp³-hybridized carbons (Fsp3) is 0.500. The minimum atomic E-state index is -0.313. The fourth-order valence-corrected chi connectivity index (χ4v) is 0.531. The first-order valence-corrected chi connectivity index (χ1v) is 3.33. The summed E-state index contributed by atoms with van der Waals surface area (Å²) in [5, 5.41) is 0. The predicted octanol–water partition coefficient (Wildman–Crippen LogP) is 1.08. The summed E-state index contributed by atoms with van der Waals surface area (Å²) in [4.78, 5) is 21.2. The van der Waals surface area contributed by atoms with Crippen molar-refractivity contribution >= 4 is 11.8 Å². The Morgan fingerprint density at radius 3 is 2.27 bits per heavy atom. The largest absolute Gasteiger partial charge is 0.469 e. The first-order chi connectivity index (χ1) is 5.07. The second-order valence-electron chi connectivity index (χ2n) is 2.24. The number of carbonyl (C=O) groups excluding carboxylic acids is 2. The molecule has 62 valence electrons. The Kier molecular flexibility index (Phi) is 4.18. The maximum atomic E-state index is 10.6. The van der Waals surface area contributed by atoms with E-state index in [9.17, 15) is 9.59 Å². The van der Waals surface area contributed by atoms with Crippen molar-refractivity contribution in [3.05, 3.63) is 12.2 Å². The van der Waals surface area contributed by atoms with Gasteiger partial charge in [-0.15, -0.1) is 0 Å². The topological polar surface area (TPSA) is 43.4 Å². The lowest BCUT2D eigenvalue weighted by Crippen LogP contribution is -2.03. The third-order valence-electron chi connectivity index (χ3n) is 1.36. The molecule has 0 radical (unpaired) electrons. The minimum absolute atomic E-state index is 0.0751. The molecule has 3 nitrogen and oxygen atoms in total. The monoisotopic (exact) mass is 156 g/mol. The van der Waals surface area contributed by atoms with E-state index in [0.717, 1.165) is 0 Å². The molecule has 0 spiro atoms. The van der Waals surface area contributed by atoms with Crippen molar-refractivity contribution in [1.29, 1.82) is 0 Å². The number of esters is 1. The molecule has 11 heavy (non-hydrogen) atoms. The van der Waals surface area contributed by atoms with Crippen LogP contribution in [-0.2, 0) is 14.3 Å². The summed E-state index contributed by atoms with van der Waals surface area (Å²) in [6.07, 6.45) is 0.622. The zero-order valence-corrected chi connectivity index (χ0v) is 6.85. The molecule has 0 unspecified atom stereocenters. The third kappa shape index (κ3) is 4.31. The number of hydrogen-bond acceptors (Lipinski definition) is 3. The average molecular weight is 156 g/mol. The van der Waals surface area contributed by atoms with Gasteiger partial charge in [0.2, 0.25) is 0 Å². The van der Waals surface area contributed by atoms with Crippen molar-refractivity contribution < 1.29 is 14.3 Å². The summed E-state index contributed by atoms with van der Waals surface area (Å²) in [7, 11) is 1.32. The summed E-state index contributed by atoms with van der Waals surface area (Å²) in [6.45, 7) is 4.93. The van der Waals surface area contributed by atoms with Gasteiger partial charge in [0.05, 0.1) is 7.11 Å². The quantitative estimate of drug-likeness (QED) is 0.452. The SMILES string of the molecule is C=C(CCC(=O)OC)C(C)=O. The van der Waals surface area contributed by atoms with Crippen LogP contribution in [0.4, 0.5) is 0 Å².